The first-order valence-corrected chi connectivity index (χ1v) is 8.35. The number of ketones is 1. The molecule has 3 rings (SSSR count). The Hall–Kier alpha value is -3.41. The summed E-state index contributed by atoms with van der Waals surface area (Å²) >= 11 is 0. The van der Waals surface area contributed by atoms with Crippen molar-refractivity contribution in [2.24, 2.45) is 7.05 Å². The quantitative estimate of drug-likeness (QED) is 0.533. The number of hydrogen-bond donors (Lipinski definition) is 1. The molecule has 0 radical (unpaired) electrons. The van der Waals surface area contributed by atoms with E-state index in [1.165, 1.54) is 21.3 Å². The fourth-order valence-electron chi connectivity index (χ4n) is 3.03. The van der Waals surface area contributed by atoms with Gasteiger partial charge in [0.1, 0.15) is 0 Å². The van der Waals surface area contributed by atoms with Gasteiger partial charge in [-0.05, 0) is 35.9 Å². The molecule has 2 N–H and O–H groups in total. The van der Waals surface area contributed by atoms with Gasteiger partial charge in [0.2, 0.25) is 11.5 Å². The Morgan fingerprint density at radius 1 is 0.926 bits per heavy atom. The van der Waals surface area contributed by atoms with Gasteiger partial charge in [-0.2, -0.15) is 0 Å². The van der Waals surface area contributed by atoms with Crippen molar-refractivity contribution in [3.8, 4) is 28.4 Å². The van der Waals surface area contributed by atoms with Crippen LogP contribution in [0, 0.1) is 0 Å². The third kappa shape index (κ3) is 3.46. The zero-order valence-corrected chi connectivity index (χ0v) is 15.8. The lowest BCUT2D eigenvalue weighted by atomic mass is 10.0. The van der Waals surface area contributed by atoms with Crippen molar-refractivity contribution in [1.82, 2.24) is 4.57 Å². The summed E-state index contributed by atoms with van der Waals surface area (Å²) in [6, 6.07) is 12.7. The lowest BCUT2D eigenvalue weighted by Gasteiger charge is -2.13. The molecule has 0 amide bonds. The molecule has 0 saturated carbocycles. The molecule has 0 bridgehead atoms. The van der Waals surface area contributed by atoms with Crippen LogP contribution in [-0.2, 0) is 7.05 Å². The number of nitrogens with zero attached hydrogens (tertiary/aromatic N) is 1. The van der Waals surface area contributed by atoms with Crippen molar-refractivity contribution in [3.63, 3.8) is 0 Å². The van der Waals surface area contributed by atoms with E-state index in [4.69, 9.17) is 19.9 Å². The van der Waals surface area contributed by atoms with Gasteiger partial charge in [-0.15, -0.1) is 0 Å². The van der Waals surface area contributed by atoms with E-state index in [0.717, 1.165) is 11.1 Å². The maximum atomic E-state index is 13.1. The highest BCUT2D eigenvalue weighted by Crippen LogP contribution is 2.39. The average molecular weight is 366 g/mol. The van der Waals surface area contributed by atoms with Crippen LogP contribution in [0.1, 0.15) is 16.1 Å². The smallest absolute Gasteiger partial charge is 0.209 e. The first-order chi connectivity index (χ1) is 13.0. The number of anilines is 1. The fourth-order valence-corrected chi connectivity index (χ4v) is 3.03. The zero-order valence-electron chi connectivity index (χ0n) is 15.8. The van der Waals surface area contributed by atoms with E-state index in [-0.39, 0.29) is 5.78 Å². The topological polar surface area (TPSA) is 75.7 Å². The summed E-state index contributed by atoms with van der Waals surface area (Å²) in [6.45, 7) is 0. The Morgan fingerprint density at radius 2 is 1.59 bits per heavy atom. The monoisotopic (exact) mass is 366 g/mol. The van der Waals surface area contributed by atoms with Crippen LogP contribution >= 0.6 is 0 Å². The minimum atomic E-state index is -0.146. The first-order valence-electron chi connectivity index (χ1n) is 8.35. The molecule has 0 aliphatic heterocycles. The summed E-state index contributed by atoms with van der Waals surface area (Å²) in [7, 11) is 6.40. The van der Waals surface area contributed by atoms with Crippen LogP contribution in [0.25, 0.3) is 11.1 Å². The average Bonchev–Trinajstić information content (AvgIpc) is 3.07. The molecule has 2 aromatic carbocycles. The third-order valence-corrected chi connectivity index (χ3v) is 4.38. The van der Waals surface area contributed by atoms with Crippen LogP contribution in [0.2, 0.25) is 0 Å². The lowest BCUT2D eigenvalue weighted by Crippen LogP contribution is -2.08. The fraction of sp³-hybridized carbons (Fsp3) is 0.190. The van der Waals surface area contributed by atoms with E-state index in [2.05, 4.69) is 0 Å². The second kappa shape index (κ2) is 7.45. The molecule has 0 aliphatic rings. The third-order valence-electron chi connectivity index (χ3n) is 4.38. The lowest BCUT2D eigenvalue weighted by molar-refractivity contribution is 0.103. The Kier molecular flexibility index (Phi) is 5.07. The minimum absolute atomic E-state index is 0.146. The molecule has 27 heavy (non-hydrogen) atoms. The number of methoxy groups -OCH3 is 3. The number of ether oxygens (including phenoxy) is 3. The molecule has 1 aromatic heterocycles. The van der Waals surface area contributed by atoms with Crippen molar-refractivity contribution < 1.29 is 19.0 Å². The van der Waals surface area contributed by atoms with Crippen LogP contribution in [0.5, 0.6) is 17.2 Å². The minimum Gasteiger partial charge on any atom is -0.493 e. The maximum Gasteiger partial charge on any atom is 0.209 e. The normalized spacial score (nSPS) is 10.5. The van der Waals surface area contributed by atoms with Crippen LogP contribution < -0.4 is 19.9 Å². The molecule has 3 aromatic rings. The second-order valence-electron chi connectivity index (χ2n) is 6.09. The Bertz CT molecular complexity index is 967. The molecule has 0 fully saturated rings. The van der Waals surface area contributed by atoms with Crippen molar-refractivity contribution in [2.45, 2.75) is 0 Å². The number of nitrogens with two attached hydrogens (primary N) is 1. The SMILES string of the molecule is COc1cc(C(=O)c2cc(-c3cccc(N)c3)cn2C)cc(OC)c1OC. The van der Waals surface area contributed by atoms with E-state index in [9.17, 15) is 4.79 Å². The predicted molar refractivity (Wildman–Crippen MR) is 105 cm³/mol. The molecule has 0 atom stereocenters. The van der Waals surface area contributed by atoms with Crippen molar-refractivity contribution >= 4 is 11.5 Å². The first kappa shape index (κ1) is 18.4. The number of benzene rings is 2. The van der Waals surface area contributed by atoms with E-state index in [1.54, 1.807) is 16.7 Å². The summed E-state index contributed by atoms with van der Waals surface area (Å²) < 4.78 is 17.8. The van der Waals surface area contributed by atoms with Crippen molar-refractivity contribution in [3.05, 3.63) is 59.9 Å². The molecule has 0 saturated heterocycles. The highest BCUT2D eigenvalue weighted by Gasteiger charge is 2.20. The zero-order chi connectivity index (χ0) is 19.6. The summed E-state index contributed by atoms with van der Waals surface area (Å²) in [6.07, 6.45) is 1.90. The number of aromatic nitrogens is 1. The maximum absolute atomic E-state index is 13.1. The van der Waals surface area contributed by atoms with Gasteiger partial charge in [-0.3, -0.25) is 4.79 Å². The molecule has 0 unspecified atom stereocenters. The largest absolute Gasteiger partial charge is 0.493 e. The summed E-state index contributed by atoms with van der Waals surface area (Å²) in [4.78, 5) is 13.1. The van der Waals surface area contributed by atoms with Crippen LogP contribution in [0.4, 0.5) is 5.69 Å². The number of aryl methyl sites for hydroxylation is 1. The van der Waals surface area contributed by atoms with Crippen LogP contribution in [0.15, 0.2) is 48.7 Å². The molecular weight excluding hydrogens is 344 g/mol. The summed E-state index contributed by atoms with van der Waals surface area (Å²) in [5, 5.41) is 0. The van der Waals surface area contributed by atoms with E-state index in [1.807, 2.05) is 43.6 Å². The number of carbonyl (C=O) groups excluding carboxylic acids is 1. The van der Waals surface area contributed by atoms with E-state index in [0.29, 0.717) is 34.2 Å². The number of rotatable bonds is 6. The van der Waals surface area contributed by atoms with E-state index >= 15 is 0 Å². The molecule has 0 spiro atoms. The molecule has 0 aliphatic carbocycles. The van der Waals surface area contributed by atoms with Gasteiger partial charge in [0.05, 0.1) is 27.0 Å². The van der Waals surface area contributed by atoms with Gasteiger partial charge in [0, 0.05) is 30.1 Å². The van der Waals surface area contributed by atoms with Gasteiger partial charge in [-0.1, -0.05) is 12.1 Å². The van der Waals surface area contributed by atoms with Gasteiger partial charge < -0.3 is 24.5 Å². The van der Waals surface area contributed by atoms with Crippen LogP contribution in [-0.4, -0.2) is 31.7 Å². The van der Waals surface area contributed by atoms with Crippen molar-refractivity contribution in [1.29, 1.82) is 0 Å². The Morgan fingerprint density at radius 3 is 2.15 bits per heavy atom. The molecule has 6 heteroatoms. The summed E-state index contributed by atoms with van der Waals surface area (Å²) in [5.74, 6) is 1.17. The van der Waals surface area contributed by atoms with Gasteiger partial charge >= 0.3 is 0 Å². The molecule has 6 nitrogen and oxygen atoms in total. The molecular formula is C21H22N2O4. The predicted octanol–water partition coefficient (Wildman–Crippen LogP) is 3.53. The summed E-state index contributed by atoms with van der Waals surface area (Å²) in [5.41, 5.74) is 9.41. The van der Waals surface area contributed by atoms with Gasteiger partial charge in [0.15, 0.2) is 11.5 Å². The van der Waals surface area contributed by atoms with E-state index < -0.39 is 0 Å². The Labute approximate surface area is 158 Å². The number of carbonyl (C=O) groups is 1. The van der Waals surface area contributed by atoms with Gasteiger partial charge in [-0.25, -0.2) is 0 Å². The highest BCUT2D eigenvalue weighted by atomic mass is 16.5. The number of nitrogen functional groups attached to an aromatic ring is 1. The second-order valence-corrected chi connectivity index (χ2v) is 6.09. The van der Waals surface area contributed by atoms with Crippen LogP contribution in [0.3, 0.4) is 0 Å². The number of hydrogen-bond acceptors (Lipinski definition) is 5. The molecule has 1 heterocycles. The van der Waals surface area contributed by atoms with Crippen molar-refractivity contribution in [2.75, 3.05) is 27.1 Å². The molecule has 140 valence electrons. The Balaban J connectivity index is 2.04. The highest BCUT2D eigenvalue weighted by molar-refractivity contribution is 6.09. The standard InChI is InChI=1S/C21H22N2O4/c1-23-12-15(13-6-5-7-16(22)8-13)9-17(23)20(24)14-10-18(25-2)21(27-4)19(11-14)26-3/h5-12H,22H2,1-4H3. The van der Waals surface area contributed by atoms with Gasteiger partial charge in [0.25, 0.3) is 0 Å².